The Hall–Kier alpha value is -2.01. The van der Waals surface area contributed by atoms with Gasteiger partial charge in [0.15, 0.2) is 0 Å². The first-order valence-corrected chi connectivity index (χ1v) is 6.18. The highest BCUT2D eigenvalue weighted by molar-refractivity contribution is 5.43. The minimum atomic E-state index is -0.557. The van der Waals surface area contributed by atoms with Gasteiger partial charge in [0.1, 0.15) is 17.6 Å². The number of aliphatic hydroxyl groups is 1. The number of nitrogens with zero attached hydrogens (tertiary/aromatic N) is 2. The zero-order valence-electron chi connectivity index (χ0n) is 10.9. The van der Waals surface area contributed by atoms with Crippen LogP contribution in [0.4, 0.5) is 0 Å². The summed E-state index contributed by atoms with van der Waals surface area (Å²) in [5.74, 6) is 1.42. The Morgan fingerprint density at radius 3 is 3.00 bits per heavy atom. The van der Waals surface area contributed by atoms with E-state index in [1.54, 1.807) is 19.6 Å². The molecule has 0 aliphatic carbocycles. The summed E-state index contributed by atoms with van der Waals surface area (Å²) in [6.07, 6.45) is 3.28. The molecule has 0 spiro atoms. The maximum Gasteiger partial charge on any atom is 0.143 e. The minimum absolute atomic E-state index is 0.177. The lowest BCUT2D eigenvalue weighted by Gasteiger charge is -2.29. The first-order valence-electron chi connectivity index (χ1n) is 6.18. The quantitative estimate of drug-likeness (QED) is 0.897. The normalized spacial score (nSPS) is 21.6. The Balaban J connectivity index is 1.94. The minimum Gasteiger partial charge on any atom is -0.497 e. The van der Waals surface area contributed by atoms with E-state index in [9.17, 15) is 5.11 Å². The summed E-state index contributed by atoms with van der Waals surface area (Å²) in [4.78, 5) is 4.09. The molecule has 1 aromatic heterocycles. The van der Waals surface area contributed by atoms with Gasteiger partial charge in [-0.1, -0.05) is 0 Å². The fraction of sp³-hybridized carbons (Fsp3) is 0.357. The van der Waals surface area contributed by atoms with Crippen LogP contribution >= 0.6 is 0 Å². The maximum absolute atomic E-state index is 10.3. The molecule has 3 rings (SSSR count). The Morgan fingerprint density at radius 2 is 2.32 bits per heavy atom. The van der Waals surface area contributed by atoms with Crippen molar-refractivity contribution in [3.8, 4) is 11.5 Å². The molecular weight excluding hydrogens is 244 g/mol. The average Bonchev–Trinajstić information content (AvgIpc) is 2.84. The van der Waals surface area contributed by atoms with Crippen LogP contribution in [-0.4, -0.2) is 21.8 Å². The first-order chi connectivity index (χ1) is 9.19. The number of hydrogen-bond acceptors (Lipinski definition) is 4. The molecule has 19 heavy (non-hydrogen) atoms. The highest BCUT2D eigenvalue weighted by Gasteiger charge is 2.29. The van der Waals surface area contributed by atoms with Crippen molar-refractivity contribution in [2.45, 2.75) is 18.6 Å². The van der Waals surface area contributed by atoms with Crippen LogP contribution in [-0.2, 0) is 7.05 Å². The summed E-state index contributed by atoms with van der Waals surface area (Å²) in [6, 6.07) is 5.48. The van der Waals surface area contributed by atoms with E-state index in [1.807, 2.05) is 29.8 Å². The van der Waals surface area contributed by atoms with Crippen LogP contribution < -0.4 is 9.47 Å². The summed E-state index contributed by atoms with van der Waals surface area (Å²) in [7, 11) is 3.53. The largest absolute Gasteiger partial charge is 0.497 e. The molecule has 5 heteroatoms. The van der Waals surface area contributed by atoms with E-state index in [0.29, 0.717) is 12.2 Å². The fourth-order valence-electron chi connectivity index (χ4n) is 2.41. The number of aromatic nitrogens is 2. The third-order valence-corrected chi connectivity index (χ3v) is 3.47. The monoisotopic (exact) mass is 260 g/mol. The molecule has 1 aromatic carbocycles. The van der Waals surface area contributed by atoms with Gasteiger partial charge < -0.3 is 19.1 Å². The van der Waals surface area contributed by atoms with Gasteiger partial charge >= 0.3 is 0 Å². The Labute approximate surface area is 111 Å². The maximum atomic E-state index is 10.3. The standard InChI is InChI=1S/C14H16N2O3/c1-16-8-15-7-11(16)14-6-12(17)10-5-9(18-2)3-4-13(10)19-14/h3-5,7-8,12,14,17H,6H2,1-2H3/t12-,14?/m1/s1. The van der Waals surface area contributed by atoms with Gasteiger partial charge in [0.05, 0.1) is 31.4 Å². The van der Waals surface area contributed by atoms with Crippen LogP contribution in [0.25, 0.3) is 0 Å². The highest BCUT2D eigenvalue weighted by atomic mass is 16.5. The van der Waals surface area contributed by atoms with Crippen molar-refractivity contribution in [3.05, 3.63) is 42.0 Å². The number of methoxy groups -OCH3 is 1. The van der Waals surface area contributed by atoms with Gasteiger partial charge in [-0.3, -0.25) is 0 Å². The van der Waals surface area contributed by atoms with Gasteiger partial charge in [0.25, 0.3) is 0 Å². The van der Waals surface area contributed by atoms with Crippen molar-refractivity contribution in [1.82, 2.24) is 9.55 Å². The molecule has 100 valence electrons. The summed E-state index contributed by atoms with van der Waals surface area (Å²) >= 11 is 0. The SMILES string of the molecule is COc1ccc2c(c1)[C@H](O)CC(c1cncn1C)O2. The van der Waals surface area contributed by atoms with E-state index in [4.69, 9.17) is 9.47 Å². The molecule has 5 nitrogen and oxygen atoms in total. The predicted octanol–water partition coefficient (Wildman–Crippen LogP) is 1.99. The number of ether oxygens (including phenoxy) is 2. The molecule has 0 saturated carbocycles. The lowest BCUT2D eigenvalue weighted by Crippen LogP contribution is -2.20. The molecule has 1 N–H and O–H groups in total. The van der Waals surface area contributed by atoms with Gasteiger partial charge in [-0.2, -0.15) is 0 Å². The second-order valence-corrected chi connectivity index (χ2v) is 4.69. The molecule has 1 unspecified atom stereocenters. The van der Waals surface area contributed by atoms with Gasteiger partial charge in [-0.25, -0.2) is 4.98 Å². The van der Waals surface area contributed by atoms with E-state index in [-0.39, 0.29) is 6.10 Å². The van der Waals surface area contributed by atoms with Crippen LogP contribution in [0.1, 0.15) is 29.9 Å². The van der Waals surface area contributed by atoms with Crippen molar-refractivity contribution >= 4 is 0 Å². The van der Waals surface area contributed by atoms with Crippen molar-refractivity contribution < 1.29 is 14.6 Å². The second-order valence-electron chi connectivity index (χ2n) is 4.69. The predicted molar refractivity (Wildman–Crippen MR) is 69.1 cm³/mol. The Kier molecular flexibility index (Phi) is 2.91. The second kappa shape index (κ2) is 4.59. The topological polar surface area (TPSA) is 56.5 Å². The first kappa shape index (κ1) is 12.0. The number of aryl methyl sites for hydroxylation is 1. The molecule has 0 radical (unpaired) electrons. The lowest BCUT2D eigenvalue weighted by molar-refractivity contribution is 0.0620. The zero-order valence-corrected chi connectivity index (χ0v) is 10.9. The molecule has 2 atom stereocenters. The summed E-state index contributed by atoms with van der Waals surface area (Å²) < 4.78 is 13.0. The lowest BCUT2D eigenvalue weighted by atomic mass is 9.97. The summed E-state index contributed by atoms with van der Waals surface area (Å²) in [6.45, 7) is 0. The molecule has 0 fully saturated rings. The fourth-order valence-corrected chi connectivity index (χ4v) is 2.41. The number of hydrogen-bond donors (Lipinski definition) is 1. The van der Waals surface area contributed by atoms with Crippen LogP contribution in [0.5, 0.6) is 11.5 Å². The third-order valence-electron chi connectivity index (χ3n) is 3.47. The van der Waals surface area contributed by atoms with Crippen LogP contribution in [0.2, 0.25) is 0 Å². The van der Waals surface area contributed by atoms with E-state index in [1.165, 1.54) is 0 Å². The highest BCUT2D eigenvalue weighted by Crippen LogP contribution is 2.41. The van der Waals surface area contributed by atoms with Crippen LogP contribution in [0.3, 0.4) is 0 Å². The molecule has 1 aliphatic rings. The number of aliphatic hydroxyl groups excluding tert-OH is 1. The summed E-state index contributed by atoms with van der Waals surface area (Å²) in [5, 5.41) is 10.3. The van der Waals surface area contributed by atoms with Gasteiger partial charge in [-0.05, 0) is 18.2 Å². The molecule has 2 aromatic rings. The van der Waals surface area contributed by atoms with Crippen molar-refractivity contribution in [2.75, 3.05) is 7.11 Å². The average molecular weight is 260 g/mol. The van der Waals surface area contributed by atoms with Gasteiger partial charge in [0.2, 0.25) is 0 Å². The third kappa shape index (κ3) is 2.06. The van der Waals surface area contributed by atoms with E-state index in [2.05, 4.69) is 4.98 Å². The molecule has 1 aliphatic heterocycles. The summed E-state index contributed by atoms with van der Waals surface area (Å²) in [5.41, 5.74) is 1.73. The van der Waals surface area contributed by atoms with E-state index in [0.717, 1.165) is 17.0 Å². The van der Waals surface area contributed by atoms with Crippen LogP contribution in [0.15, 0.2) is 30.7 Å². The van der Waals surface area contributed by atoms with E-state index < -0.39 is 6.10 Å². The molecule has 2 heterocycles. The molecule has 0 amide bonds. The number of imidazole rings is 1. The van der Waals surface area contributed by atoms with Crippen molar-refractivity contribution in [2.24, 2.45) is 7.05 Å². The number of benzene rings is 1. The smallest absolute Gasteiger partial charge is 0.143 e. The molecular formula is C14H16N2O3. The Morgan fingerprint density at radius 1 is 1.47 bits per heavy atom. The van der Waals surface area contributed by atoms with Crippen molar-refractivity contribution in [1.29, 1.82) is 0 Å². The number of fused-ring (bicyclic) bond motifs is 1. The molecule has 0 bridgehead atoms. The van der Waals surface area contributed by atoms with Gasteiger partial charge in [0, 0.05) is 19.0 Å². The van der Waals surface area contributed by atoms with Crippen molar-refractivity contribution in [3.63, 3.8) is 0 Å². The number of rotatable bonds is 2. The van der Waals surface area contributed by atoms with E-state index >= 15 is 0 Å². The van der Waals surface area contributed by atoms with Crippen LogP contribution in [0, 0.1) is 0 Å². The van der Waals surface area contributed by atoms with Gasteiger partial charge in [-0.15, -0.1) is 0 Å². The Bertz CT molecular complexity index is 594. The zero-order chi connectivity index (χ0) is 13.4. The molecule has 0 saturated heterocycles.